The molecule has 0 spiro atoms. The van der Waals surface area contributed by atoms with Gasteiger partial charge >= 0.3 is 0 Å². The molecule has 0 aromatic heterocycles. The monoisotopic (exact) mass is 188 g/mol. The molecule has 0 unspecified atom stereocenters. The summed E-state index contributed by atoms with van der Waals surface area (Å²) in [6.07, 6.45) is 3.35. The smallest absolute Gasteiger partial charge is 0.0369 e. The zero-order valence-corrected chi connectivity index (χ0v) is 8.32. The van der Waals surface area contributed by atoms with Crippen LogP contribution in [-0.2, 0) is 0 Å². The normalized spacial score (nSPS) is 16.6. The highest BCUT2D eigenvalue weighted by Gasteiger charge is 2.10. The predicted octanol–water partition coefficient (Wildman–Crippen LogP) is 1.78. The molecule has 0 amide bonds. The van der Waals surface area contributed by atoms with E-state index in [2.05, 4.69) is 41.3 Å². The maximum Gasteiger partial charge on any atom is 0.0369 e. The van der Waals surface area contributed by atoms with Crippen LogP contribution in [0.4, 0.5) is 5.69 Å². The first-order chi connectivity index (χ1) is 6.90. The van der Waals surface area contributed by atoms with Gasteiger partial charge in [0.25, 0.3) is 0 Å². The molecule has 0 atom stereocenters. The van der Waals surface area contributed by atoms with Crippen molar-refractivity contribution >= 4 is 5.69 Å². The van der Waals surface area contributed by atoms with E-state index in [0.29, 0.717) is 6.54 Å². The zero-order valence-electron chi connectivity index (χ0n) is 8.32. The third-order valence-corrected chi connectivity index (χ3v) is 2.69. The van der Waals surface area contributed by atoms with Gasteiger partial charge in [-0.2, -0.15) is 0 Å². The molecule has 0 saturated heterocycles. The number of para-hydroxylation sites is 1. The van der Waals surface area contributed by atoms with Crippen molar-refractivity contribution in [3.63, 3.8) is 0 Å². The van der Waals surface area contributed by atoms with Crippen molar-refractivity contribution in [2.75, 3.05) is 24.5 Å². The average Bonchev–Trinajstić information content (AvgIpc) is 2.30. The molecule has 0 bridgehead atoms. The molecule has 1 aliphatic heterocycles. The predicted molar refractivity (Wildman–Crippen MR) is 60.4 cm³/mol. The van der Waals surface area contributed by atoms with Crippen molar-refractivity contribution in [2.45, 2.75) is 6.42 Å². The Balaban J connectivity index is 2.06. The maximum atomic E-state index is 5.60. The summed E-state index contributed by atoms with van der Waals surface area (Å²) in [4.78, 5) is 2.37. The SMILES string of the molecule is NCC1=CCN(c2ccccc2)CC1. The highest BCUT2D eigenvalue weighted by molar-refractivity contribution is 5.47. The van der Waals surface area contributed by atoms with E-state index in [1.807, 2.05) is 0 Å². The van der Waals surface area contributed by atoms with Gasteiger partial charge in [0.15, 0.2) is 0 Å². The van der Waals surface area contributed by atoms with Crippen molar-refractivity contribution in [3.05, 3.63) is 42.0 Å². The summed E-state index contributed by atoms with van der Waals surface area (Å²) in [5, 5.41) is 0. The number of benzene rings is 1. The standard InChI is InChI=1S/C12H16N2/c13-10-11-6-8-14(9-7-11)12-4-2-1-3-5-12/h1-6H,7-10,13H2. The Morgan fingerprint density at radius 3 is 2.57 bits per heavy atom. The molecule has 2 nitrogen and oxygen atoms in total. The van der Waals surface area contributed by atoms with E-state index in [-0.39, 0.29) is 0 Å². The summed E-state index contributed by atoms with van der Waals surface area (Å²) in [6.45, 7) is 2.80. The fourth-order valence-electron chi connectivity index (χ4n) is 1.77. The summed E-state index contributed by atoms with van der Waals surface area (Å²) in [5.41, 5.74) is 8.29. The van der Waals surface area contributed by atoms with Crippen molar-refractivity contribution in [2.24, 2.45) is 5.73 Å². The number of nitrogens with two attached hydrogens (primary N) is 1. The van der Waals surface area contributed by atoms with Crippen LogP contribution in [0.5, 0.6) is 0 Å². The molecule has 2 rings (SSSR count). The second-order valence-corrected chi connectivity index (χ2v) is 3.60. The number of anilines is 1. The van der Waals surface area contributed by atoms with Gasteiger partial charge in [-0.25, -0.2) is 0 Å². The molecule has 0 radical (unpaired) electrons. The first-order valence-corrected chi connectivity index (χ1v) is 5.08. The van der Waals surface area contributed by atoms with E-state index in [1.165, 1.54) is 11.3 Å². The fraction of sp³-hybridized carbons (Fsp3) is 0.333. The summed E-state index contributed by atoms with van der Waals surface area (Å²) in [6, 6.07) is 10.5. The minimum atomic E-state index is 0.711. The van der Waals surface area contributed by atoms with Gasteiger partial charge in [-0.15, -0.1) is 0 Å². The molecular formula is C12H16N2. The van der Waals surface area contributed by atoms with Crippen LogP contribution in [0.2, 0.25) is 0 Å². The van der Waals surface area contributed by atoms with Crippen molar-refractivity contribution in [3.8, 4) is 0 Å². The third kappa shape index (κ3) is 1.96. The second kappa shape index (κ2) is 4.29. The lowest BCUT2D eigenvalue weighted by Crippen LogP contribution is -2.29. The Labute approximate surface area is 85.0 Å². The van der Waals surface area contributed by atoms with Crippen molar-refractivity contribution in [1.29, 1.82) is 0 Å². The summed E-state index contributed by atoms with van der Waals surface area (Å²) < 4.78 is 0. The van der Waals surface area contributed by atoms with E-state index in [0.717, 1.165) is 19.5 Å². The molecule has 74 valence electrons. The van der Waals surface area contributed by atoms with E-state index in [4.69, 9.17) is 5.73 Å². The van der Waals surface area contributed by atoms with E-state index in [9.17, 15) is 0 Å². The van der Waals surface area contributed by atoms with Gasteiger partial charge in [-0.05, 0) is 18.6 Å². The number of nitrogens with zero attached hydrogens (tertiary/aromatic N) is 1. The van der Waals surface area contributed by atoms with Crippen LogP contribution in [0.15, 0.2) is 42.0 Å². The van der Waals surface area contributed by atoms with Crippen LogP contribution in [-0.4, -0.2) is 19.6 Å². The highest BCUT2D eigenvalue weighted by Crippen LogP contribution is 2.18. The Bertz CT molecular complexity index is 316. The van der Waals surface area contributed by atoms with Gasteiger partial charge in [0.05, 0.1) is 0 Å². The zero-order chi connectivity index (χ0) is 9.80. The van der Waals surface area contributed by atoms with Crippen LogP contribution in [0.25, 0.3) is 0 Å². The molecule has 0 saturated carbocycles. The average molecular weight is 188 g/mol. The summed E-state index contributed by atoms with van der Waals surface area (Å²) >= 11 is 0. The minimum Gasteiger partial charge on any atom is -0.367 e. The number of rotatable bonds is 2. The lowest BCUT2D eigenvalue weighted by molar-refractivity contribution is 0.773. The first kappa shape index (κ1) is 9.28. The Kier molecular flexibility index (Phi) is 2.84. The Morgan fingerprint density at radius 1 is 1.21 bits per heavy atom. The van der Waals surface area contributed by atoms with Crippen LogP contribution < -0.4 is 10.6 Å². The van der Waals surface area contributed by atoms with E-state index < -0.39 is 0 Å². The van der Waals surface area contributed by atoms with Crippen LogP contribution in [0.1, 0.15) is 6.42 Å². The van der Waals surface area contributed by atoms with Crippen molar-refractivity contribution in [1.82, 2.24) is 0 Å². The van der Waals surface area contributed by atoms with Crippen molar-refractivity contribution < 1.29 is 0 Å². The number of hydrogen-bond donors (Lipinski definition) is 1. The molecule has 14 heavy (non-hydrogen) atoms. The van der Waals surface area contributed by atoms with Crippen LogP contribution in [0.3, 0.4) is 0 Å². The van der Waals surface area contributed by atoms with Gasteiger partial charge in [0.2, 0.25) is 0 Å². The van der Waals surface area contributed by atoms with Crippen LogP contribution in [0, 0.1) is 0 Å². The van der Waals surface area contributed by atoms with Gasteiger partial charge in [-0.1, -0.05) is 29.8 Å². The second-order valence-electron chi connectivity index (χ2n) is 3.60. The number of hydrogen-bond acceptors (Lipinski definition) is 2. The van der Waals surface area contributed by atoms with E-state index >= 15 is 0 Å². The van der Waals surface area contributed by atoms with Crippen LogP contribution >= 0.6 is 0 Å². The minimum absolute atomic E-state index is 0.711. The van der Waals surface area contributed by atoms with E-state index in [1.54, 1.807) is 0 Å². The Morgan fingerprint density at radius 2 is 2.00 bits per heavy atom. The Hall–Kier alpha value is -1.28. The highest BCUT2D eigenvalue weighted by atomic mass is 15.1. The van der Waals surface area contributed by atoms with Gasteiger partial charge in [-0.3, -0.25) is 0 Å². The molecule has 0 aliphatic carbocycles. The summed E-state index contributed by atoms with van der Waals surface area (Å²) in [7, 11) is 0. The largest absolute Gasteiger partial charge is 0.367 e. The molecule has 2 heteroatoms. The third-order valence-electron chi connectivity index (χ3n) is 2.69. The molecule has 1 aromatic rings. The molecule has 1 aromatic carbocycles. The fourth-order valence-corrected chi connectivity index (χ4v) is 1.77. The maximum absolute atomic E-state index is 5.60. The lowest BCUT2D eigenvalue weighted by atomic mass is 10.1. The van der Waals surface area contributed by atoms with Gasteiger partial charge in [0, 0.05) is 25.3 Å². The molecule has 2 N–H and O–H groups in total. The first-order valence-electron chi connectivity index (χ1n) is 5.08. The summed E-state index contributed by atoms with van der Waals surface area (Å²) in [5.74, 6) is 0. The lowest BCUT2D eigenvalue weighted by Gasteiger charge is -2.28. The van der Waals surface area contributed by atoms with Gasteiger partial charge < -0.3 is 10.6 Å². The topological polar surface area (TPSA) is 29.3 Å². The molecule has 1 heterocycles. The molecular weight excluding hydrogens is 172 g/mol. The quantitative estimate of drug-likeness (QED) is 0.717. The molecule has 0 fully saturated rings. The molecule has 1 aliphatic rings. The van der Waals surface area contributed by atoms with Gasteiger partial charge in [0.1, 0.15) is 0 Å².